The van der Waals surface area contributed by atoms with Crippen molar-refractivity contribution in [3.8, 4) is 0 Å². The van der Waals surface area contributed by atoms with Gasteiger partial charge in [0.15, 0.2) is 0 Å². The first-order chi connectivity index (χ1) is 8.97. The van der Waals surface area contributed by atoms with Crippen molar-refractivity contribution in [1.29, 1.82) is 0 Å². The molecule has 0 aliphatic carbocycles. The van der Waals surface area contributed by atoms with Gasteiger partial charge in [-0.15, -0.1) is 0 Å². The van der Waals surface area contributed by atoms with Crippen LogP contribution in [0.2, 0.25) is 10.0 Å². The lowest BCUT2D eigenvalue weighted by Crippen LogP contribution is -2.01. The van der Waals surface area contributed by atoms with E-state index in [0.717, 1.165) is 22.8 Å². The molecule has 0 unspecified atom stereocenters. The molecule has 0 aliphatic heterocycles. The van der Waals surface area contributed by atoms with Crippen molar-refractivity contribution in [2.45, 2.75) is 27.3 Å². The minimum Gasteiger partial charge on any atom is -0.380 e. The Hall–Kier alpha value is -1.18. The molecule has 2 rings (SSSR count). The monoisotopic (exact) mass is 293 g/mol. The number of rotatable bonds is 3. The van der Waals surface area contributed by atoms with Crippen molar-refractivity contribution in [2.24, 2.45) is 0 Å². The molecular weight excluding hydrogens is 277 g/mol. The molecule has 0 fully saturated rings. The van der Waals surface area contributed by atoms with E-state index in [9.17, 15) is 0 Å². The first-order valence-electron chi connectivity index (χ1n) is 6.23. The summed E-state index contributed by atoms with van der Waals surface area (Å²) < 4.78 is 0. The van der Waals surface area contributed by atoms with E-state index in [-0.39, 0.29) is 0 Å². The summed E-state index contributed by atoms with van der Waals surface area (Å²) in [6.07, 6.45) is 0. The maximum Gasteiger partial charge on any atom is 0.0641 e. The van der Waals surface area contributed by atoms with Gasteiger partial charge in [-0.2, -0.15) is 0 Å². The van der Waals surface area contributed by atoms with Crippen molar-refractivity contribution in [3.63, 3.8) is 0 Å². The molecule has 0 saturated carbocycles. The van der Waals surface area contributed by atoms with Crippen LogP contribution in [0, 0.1) is 20.8 Å². The topological polar surface area (TPSA) is 12.0 Å². The normalized spacial score (nSPS) is 10.6. The Morgan fingerprint density at radius 2 is 1.58 bits per heavy atom. The number of hydrogen-bond donors (Lipinski definition) is 1. The lowest BCUT2D eigenvalue weighted by molar-refractivity contribution is 1.13. The highest BCUT2D eigenvalue weighted by atomic mass is 35.5. The van der Waals surface area contributed by atoms with Gasteiger partial charge in [-0.1, -0.05) is 41.4 Å². The van der Waals surface area contributed by atoms with Gasteiger partial charge in [0.05, 0.1) is 10.7 Å². The number of anilines is 1. The van der Waals surface area contributed by atoms with Crippen molar-refractivity contribution in [2.75, 3.05) is 5.32 Å². The highest BCUT2D eigenvalue weighted by Gasteiger charge is 2.04. The van der Waals surface area contributed by atoms with Crippen LogP contribution in [0.5, 0.6) is 0 Å². The van der Waals surface area contributed by atoms with Gasteiger partial charge in [0.1, 0.15) is 0 Å². The Morgan fingerprint density at radius 3 is 2.26 bits per heavy atom. The fourth-order valence-corrected chi connectivity index (χ4v) is 2.34. The van der Waals surface area contributed by atoms with Gasteiger partial charge < -0.3 is 5.32 Å². The molecule has 0 radical (unpaired) electrons. The predicted molar refractivity (Wildman–Crippen MR) is 84.4 cm³/mol. The summed E-state index contributed by atoms with van der Waals surface area (Å²) in [5.41, 5.74) is 5.70. The molecule has 0 aliphatic rings. The van der Waals surface area contributed by atoms with E-state index >= 15 is 0 Å². The number of halogens is 2. The van der Waals surface area contributed by atoms with Crippen LogP contribution in [0.1, 0.15) is 22.3 Å². The van der Waals surface area contributed by atoms with Crippen LogP contribution in [0.25, 0.3) is 0 Å². The summed E-state index contributed by atoms with van der Waals surface area (Å²) in [6, 6.07) is 10.2. The zero-order valence-corrected chi connectivity index (χ0v) is 12.9. The average molecular weight is 294 g/mol. The lowest BCUT2D eigenvalue weighted by atomic mass is 10.1. The molecule has 0 saturated heterocycles. The number of benzene rings is 2. The highest BCUT2D eigenvalue weighted by Crippen LogP contribution is 2.29. The van der Waals surface area contributed by atoms with Crippen molar-refractivity contribution in [1.82, 2.24) is 0 Å². The summed E-state index contributed by atoms with van der Waals surface area (Å²) >= 11 is 12.3. The first kappa shape index (κ1) is 14.2. The molecule has 19 heavy (non-hydrogen) atoms. The molecule has 0 bridgehead atoms. The van der Waals surface area contributed by atoms with Crippen molar-refractivity contribution in [3.05, 3.63) is 62.6 Å². The van der Waals surface area contributed by atoms with E-state index in [1.165, 1.54) is 16.7 Å². The molecule has 1 nitrogen and oxygen atoms in total. The minimum atomic E-state index is 0.700. The van der Waals surface area contributed by atoms with Gasteiger partial charge in [0.2, 0.25) is 0 Å². The Balaban J connectivity index is 2.14. The van der Waals surface area contributed by atoms with Crippen LogP contribution in [-0.2, 0) is 6.54 Å². The van der Waals surface area contributed by atoms with Crippen LogP contribution < -0.4 is 5.32 Å². The largest absolute Gasteiger partial charge is 0.380 e. The van der Waals surface area contributed by atoms with Gasteiger partial charge in [0, 0.05) is 11.6 Å². The van der Waals surface area contributed by atoms with E-state index in [1.807, 2.05) is 19.1 Å². The second-order valence-electron chi connectivity index (χ2n) is 4.85. The van der Waals surface area contributed by atoms with E-state index in [2.05, 4.69) is 37.4 Å². The standard InChI is InChI=1S/C16H17Cl2N/c1-10-4-5-13(6-11(10)2)9-19-16-8-14(17)12(3)7-15(16)18/h4-8,19H,9H2,1-3H3. The quantitative estimate of drug-likeness (QED) is 0.784. The molecule has 0 amide bonds. The molecule has 2 aromatic carbocycles. The average Bonchev–Trinajstić information content (AvgIpc) is 2.36. The molecule has 0 atom stereocenters. The summed E-state index contributed by atoms with van der Waals surface area (Å²) in [6.45, 7) is 6.92. The minimum absolute atomic E-state index is 0.700. The molecule has 3 heteroatoms. The Morgan fingerprint density at radius 1 is 0.842 bits per heavy atom. The molecular formula is C16H17Cl2N. The highest BCUT2D eigenvalue weighted by molar-refractivity contribution is 6.35. The number of aryl methyl sites for hydroxylation is 3. The lowest BCUT2D eigenvalue weighted by Gasteiger charge is -2.11. The molecule has 0 heterocycles. The predicted octanol–water partition coefficient (Wildman–Crippen LogP) is 5.53. The van der Waals surface area contributed by atoms with Gasteiger partial charge >= 0.3 is 0 Å². The maximum atomic E-state index is 6.20. The summed E-state index contributed by atoms with van der Waals surface area (Å²) in [5, 5.41) is 4.76. The molecule has 2 aromatic rings. The Bertz CT molecular complexity index is 606. The molecule has 0 spiro atoms. The zero-order chi connectivity index (χ0) is 14.0. The van der Waals surface area contributed by atoms with E-state index < -0.39 is 0 Å². The van der Waals surface area contributed by atoms with Crippen LogP contribution in [0.15, 0.2) is 30.3 Å². The smallest absolute Gasteiger partial charge is 0.0641 e. The molecule has 100 valence electrons. The number of hydrogen-bond acceptors (Lipinski definition) is 1. The maximum absolute atomic E-state index is 6.20. The van der Waals surface area contributed by atoms with Crippen LogP contribution in [0.3, 0.4) is 0 Å². The van der Waals surface area contributed by atoms with Crippen LogP contribution in [0.4, 0.5) is 5.69 Å². The van der Waals surface area contributed by atoms with Gasteiger partial charge in [-0.3, -0.25) is 0 Å². The van der Waals surface area contributed by atoms with Crippen LogP contribution in [-0.4, -0.2) is 0 Å². The van der Waals surface area contributed by atoms with Gasteiger partial charge in [0.25, 0.3) is 0 Å². The molecule has 0 aromatic heterocycles. The van der Waals surface area contributed by atoms with E-state index in [1.54, 1.807) is 0 Å². The Kier molecular flexibility index (Phi) is 4.38. The number of nitrogens with one attached hydrogen (secondary N) is 1. The Labute approximate surface area is 124 Å². The van der Waals surface area contributed by atoms with Crippen molar-refractivity contribution < 1.29 is 0 Å². The third-order valence-corrected chi connectivity index (χ3v) is 4.02. The third kappa shape index (κ3) is 3.43. The summed E-state index contributed by atoms with van der Waals surface area (Å²) in [5.74, 6) is 0. The SMILES string of the molecule is Cc1ccc(CNc2cc(Cl)c(C)cc2Cl)cc1C. The summed E-state index contributed by atoms with van der Waals surface area (Å²) in [7, 11) is 0. The van der Waals surface area contributed by atoms with Crippen molar-refractivity contribution >= 4 is 28.9 Å². The van der Waals surface area contributed by atoms with Crippen LogP contribution >= 0.6 is 23.2 Å². The van der Waals surface area contributed by atoms with Gasteiger partial charge in [-0.05, 0) is 55.2 Å². The van der Waals surface area contributed by atoms with Gasteiger partial charge in [-0.25, -0.2) is 0 Å². The molecule has 1 N–H and O–H groups in total. The second-order valence-corrected chi connectivity index (χ2v) is 5.67. The fraction of sp³-hybridized carbons (Fsp3) is 0.250. The van der Waals surface area contributed by atoms with E-state index in [0.29, 0.717) is 5.02 Å². The second kappa shape index (κ2) is 5.85. The fourth-order valence-electron chi connectivity index (χ4n) is 1.89. The summed E-state index contributed by atoms with van der Waals surface area (Å²) in [4.78, 5) is 0. The zero-order valence-electron chi connectivity index (χ0n) is 11.3. The first-order valence-corrected chi connectivity index (χ1v) is 6.98. The van der Waals surface area contributed by atoms with E-state index in [4.69, 9.17) is 23.2 Å². The third-order valence-electron chi connectivity index (χ3n) is 3.30.